The first kappa shape index (κ1) is 20.1. The molecule has 2 saturated heterocycles. The molecule has 3 rings (SSSR count). The second kappa shape index (κ2) is 8.56. The van der Waals surface area contributed by atoms with Gasteiger partial charge < -0.3 is 9.80 Å². The summed E-state index contributed by atoms with van der Waals surface area (Å²) in [4.78, 5) is 15.1. The first-order valence-electron chi connectivity index (χ1n) is 9.80. The molecule has 0 spiro atoms. The lowest BCUT2D eigenvalue weighted by molar-refractivity contribution is -0.387. The fourth-order valence-corrected chi connectivity index (χ4v) is 5.14. The Balaban J connectivity index is 1.74. The number of hydrogen-bond donors (Lipinski definition) is 0. The van der Waals surface area contributed by atoms with Gasteiger partial charge in [0.05, 0.1) is 4.92 Å². The summed E-state index contributed by atoms with van der Waals surface area (Å²) in [6.07, 6.45) is 8.46. The standard InChI is InChI=1S/C19H29N3O4S/c1-27(25,26)19-13-17(8-9-18(19)22(23)24)21-12-6-7-16(15-21)14-20-10-4-2-3-5-11-20/h8-9,13,16H,2-7,10-12,14-15H2,1H3. The van der Waals surface area contributed by atoms with Gasteiger partial charge in [-0.3, -0.25) is 10.1 Å². The number of rotatable bonds is 5. The molecule has 0 amide bonds. The van der Waals surface area contributed by atoms with E-state index in [1.807, 2.05) is 0 Å². The van der Waals surface area contributed by atoms with Crippen LogP contribution in [0.2, 0.25) is 0 Å². The monoisotopic (exact) mass is 395 g/mol. The van der Waals surface area contributed by atoms with Crippen molar-refractivity contribution < 1.29 is 13.3 Å². The summed E-state index contributed by atoms with van der Waals surface area (Å²) in [7, 11) is -3.66. The van der Waals surface area contributed by atoms with Gasteiger partial charge in [-0.2, -0.15) is 0 Å². The molecule has 2 aliphatic heterocycles. The number of likely N-dealkylation sites (tertiary alicyclic amines) is 1. The lowest BCUT2D eigenvalue weighted by Crippen LogP contribution is -2.41. The van der Waals surface area contributed by atoms with Crippen molar-refractivity contribution in [3.05, 3.63) is 28.3 Å². The van der Waals surface area contributed by atoms with Crippen LogP contribution in [0.25, 0.3) is 0 Å². The van der Waals surface area contributed by atoms with Crippen LogP contribution in [0.5, 0.6) is 0 Å². The van der Waals surface area contributed by atoms with Crippen LogP contribution in [-0.4, -0.2) is 57.2 Å². The molecule has 8 heteroatoms. The third kappa shape index (κ3) is 5.19. The van der Waals surface area contributed by atoms with Crippen molar-refractivity contribution in [2.75, 3.05) is 43.9 Å². The van der Waals surface area contributed by atoms with Gasteiger partial charge in [0.15, 0.2) is 9.84 Å². The fourth-order valence-electron chi connectivity index (χ4n) is 4.28. The van der Waals surface area contributed by atoms with Crippen LogP contribution in [0, 0.1) is 16.0 Å². The molecule has 0 bridgehead atoms. The summed E-state index contributed by atoms with van der Waals surface area (Å²) in [6, 6.07) is 4.48. The van der Waals surface area contributed by atoms with Crippen LogP contribution in [0.3, 0.4) is 0 Å². The predicted molar refractivity (Wildman–Crippen MR) is 106 cm³/mol. The van der Waals surface area contributed by atoms with Gasteiger partial charge in [-0.15, -0.1) is 0 Å². The van der Waals surface area contributed by atoms with Gasteiger partial charge in [0.2, 0.25) is 0 Å². The average molecular weight is 396 g/mol. The zero-order valence-corrected chi connectivity index (χ0v) is 16.8. The van der Waals surface area contributed by atoms with Crippen LogP contribution < -0.4 is 4.90 Å². The predicted octanol–water partition coefficient (Wildman–Crippen LogP) is 3.09. The second-order valence-corrected chi connectivity index (χ2v) is 9.83. The van der Waals surface area contributed by atoms with E-state index in [4.69, 9.17) is 0 Å². The molecule has 2 fully saturated rings. The number of nitro groups is 1. The molecule has 150 valence electrons. The van der Waals surface area contributed by atoms with Gasteiger partial charge in [-0.25, -0.2) is 8.42 Å². The molecule has 1 aromatic carbocycles. The van der Waals surface area contributed by atoms with Gasteiger partial charge in [0, 0.05) is 37.6 Å². The van der Waals surface area contributed by atoms with Crippen molar-refractivity contribution in [2.45, 2.75) is 43.4 Å². The normalized spacial score (nSPS) is 22.4. The van der Waals surface area contributed by atoms with E-state index in [9.17, 15) is 18.5 Å². The maximum absolute atomic E-state index is 12.0. The van der Waals surface area contributed by atoms with E-state index in [1.54, 1.807) is 6.07 Å². The number of nitrogens with zero attached hydrogens (tertiary/aromatic N) is 3. The average Bonchev–Trinajstić information content (AvgIpc) is 2.89. The summed E-state index contributed by atoms with van der Waals surface area (Å²) in [6.45, 7) is 5.16. The Hall–Kier alpha value is -1.67. The Morgan fingerprint density at radius 1 is 1.11 bits per heavy atom. The van der Waals surface area contributed by atoms with Crippen molar-refractivity contribution in [1.29, 1.82) is 0 Å². The Morgan fingerprint density at radius 2 is 1.81 bits per heavy atom. The Bertz CT molecular complexity index is 773. The first-order valence-corrected chi connectivity index (χ1v) is 11.7. The summed E-state index contributed by atoms with van der Waals surface area (Å²) in [5.41, 5.74) is 0.418. The molecule has 0 radical (unpaired) electrons. The highest BCUT2D eigenvalue weighted by Crippen LogP contribution is 2.31. The quantitative estimate of drug-likeness (QED) is 0.563. The smallest absolute Gasteiger partial charge is 0.288 e. The number of piperidine rings is 1. The lowest BCUT2D eigenvalue weighted by Gasteiger charge is -2.37. The van der Waals surface area contributed by atoms with Gasteiger partial charge in [-0.1, -0.05) is 12.8 Å². The van der Waals surface area contributed by atoms with E-state index in [0.717, 1.165) is 38.0 Å². The molecule has 0 aliphatic carbocycles. The third-order valence-electron chi connectivity index (χ3n) is 5.64. The number of nitro benzene ring substituents is 1. The summed E-state index contributed by atoms with van der Waals surface area (Å²) in [5, 5.41) is 11.2. The molecule has 0 N–H and O–H groups in total. The summed E-state index contributed by atoms with van der Waals surface area (Å²) < 4.78 is 24.0. The fraction of sp³-hybridized carbons (Fsp3) is 0.684. The largest absolute Gasteiger partial charge is 0.371 e. The molecular weight excluding hydrogens is 366 g/mol. The van der Waals surface area contributed by atoms with Crippen molar-refractivity contribution >= 4 is 21.2 Å². The molecular formula is C19H29N3O4S. The zero-order valence-electron chi connectivity index (χ0n) is 16.0. The number of hydrogen-bond acceptors (Lipinski definition) is 6. The van der Waals surface area contributed by atoms with Gasteiger partial charge >= 0.3 is 0 Å². The van der Waals surface area contributed by atoms with E-state index in [0.29, 0.717) is 5.92 Å². The molecule has 0 saturated carbocycles. The maximum Gasteiger partial charge on any atom is 0.288 e. The lowest BCUT2D eigenvalue weighted by atomic mass is 9.96. The molecule has 2 heterocycles. The molecule has 1 aromatic rings. The molecule has 2 aliphatic rings. The highest BCUT2D eigenvalue weighted by atomic mass is 32.2. The van der Waals surface area contributed by atoms with Gasteiger partial charge in [-0.05, 0) is 56.8 Å². The van der Waals surface area contributed by atoms with Crippen molar-refractivity contribution in [2.24, 2.45) is 5.92 Å². The number of sulfone groups is 1. The summed E-state index contributed by atoms with van der Waals surface area (Å²) in [5.74, 6) is 0.550. The highest BCUT2D eigenvalue weighted by Gasteiger charge is 2.27. The molecule has 7 nitrogen and oxygen atoms in total. The van der Waals surface area contributed by atoms with Crippen LogP contribution in [0.4, 0.5) is 11.4 Å². The number of benzene rings is 1. The van der Waals surface area contributed by atoms with Crippen LogP contribution in [0.1, 0.15) is 38.5 Å². The topological polar surface area (TPSA) is 83.8 Å². The molecule has 1 atom stereocenters. The van der Waals surface area contributed by atoms with Crippen molar-refractivity contribution in [3.63, 3.8) is 0 Å². The maximum atomic E-state index is 12.0. The zero-order chi connectivity index (χ0) is 19.4. The van der Waals surface area contributed by atoms with Crippen molar-refractivity contribution in [1.82, 2.24) is 4.90 Å². The first-order chi connectivity index (χ1) is 12.8. The second-order valence-electron chi connectivity index (χ2n) is 7.85. The van der Waals surface area contributed by atoms with Crippen LogP contribution in [0.15, 0.2) is 23.1 Å². The van der Waals surface area contributed by atoms with Gasteiger partial charge in [0.25, 0.3) is 5.69 Å². The van der Waals surface area contributed by atoms with Crippen LogP contribution in [-0.2, 0) is 9.84 Å². The Morgan fingerprint density at radius 3 is 2.44 bits per heavy atom. The minimum atomic E-state index is -3.66. The van der Waals surface area contributed by atoms with Crippen LogP contribution >= 0.6 is 0 Å². The highest BCUT2D eigenvalue weighted by molar-refractivity contribution is 7.90. The molecule has 1 unspecified atom stereocenters. The van der Waals surface area contributed by atoms with E-state index in [1.165, 1.54) is 57.3 Å². The molecule has 27 heavy (non-hydrogen) atoms. The van der Waals surface area contributed by atoms with Gasteiger partial charge in [0.1, 0.15) is 4.90 Å². The third-order valence-corrected chi connectivity index (χ3v) is 6.76. The van der Waals surface area contributed by atoms with E-state index < -0.39 is 14.8 Å². The minimum Gasteiger partial charge on any atom is -0.371 e. The van der Waals surface area contributed by atoms with E-state index in [-0.39, 0.29) is 10.6 Å². The summed E-state index contributed by atoms with van der Waals surface area (Å²) >= 11 is 0. The Labute approximate surface area is 161 Å². The SMILES string of the molecule is CS(=O)(=O)c1cc(N2CCCC(CN3CCCCCC3)C2)ccc1[N+](=O)[O-]. The van der Waals surface area contributed by atoms with E-state index in [2.05, 4.69) is 9.80 Å². The number of anilines is 1. The minimum absolute atomic E-state index is 0.195. The van der Waals surface area contributed by atoms with E-state index >= 15 is 0 Å². The Kier molecular flexibility index (Phi) is 6.37. The van der Waals surface area contributed by atoms with Crippen molar-refractivity contribution in [3.8, 4) is 0 Å². The molecule has 0 aromatic heterocycles.